The molecule has 2 nitrogen and oxygen atoms in total. The van der Waals surface area contributed by atoms with Crippen LogP contribution in [0.4, 0.5) is 0 Å². The number of aryl methyl sites for hydroxylation is 2. The van der Waals surface area contributed by atoms with Crippen LogP contribution in [0, 0.1) is 6.92 Å². The zero-order valence-electron chi connectivity index (χ0n) is 10.2. The van der Waals surface area contributed by atoms with E-state index in [1.54, 1.807) is 0 Å². The van der Waals surface area contributed by atoms with Gasteiger partial charge >= 0.3 is 0 Å². The van der Waals surface area contributed by atoms with E-state index in [0.717, 1.165) is 29.1 Å². The topological polar surface area (TPSA) is 33.1 Å². The summed E-state index contributed by atoms with van der Waals surface area (Å²) in [7, 11) is 0. The van der Waals surface area contributed by atoms with Crippen LogP contribution in [0.1, 0.15) is 41.3 Å². The minimum absolute atomic E-state index is 0.592. The van der Waals surface area contributed by atoms with Crippen LogP contribution in [0.5, 0.6) is 0 Å². The Balaban J connectivity index is 2.24. The molecule has 1 heterocycles. The van der Waals surface area contributed by atoms with Gasteiger partial charge in [-0.25, -0.2) is 4.98 Å². The number of hydrogen-bond donors (Lipinski definition) is 1. The minimum Gasteiger partial charge on any atom is -0.381 e. The Hall–Kier alpha value is -1.19. The summed E-state index contributed by atoms with van der Waals surface area (Å²) in [5.74, 6) is 0. The lowest BCUT2D eigenvalue weighted by atomic mass is 10.0. The van der Waals surface area contributed by atoms with Crippen molar-refractivity contribution < 1.29 is 5.11 Å². The van der Waals surface area contributed by atoms with Gasteiger partial charge in [0.2, 0.25) is 0 Å². The smallest absolute Gasteiger partial charge is 0.131 e. The van der Waals surface area contributed by atoms with E-state index in [1.165, 1.54) is 16.9 Å². The van der Waals surface area contributed by atoms with Gasteiger partial charge in [-0.1, -0.05) is 37.6 Å². The third-order valence-electron chi connectivity index (χ3n) is 2.68. The van der Waals surface area contributed by atoms with Crippen molar-refractivity contribution in [3.8, 4) is 0 Å². The van der Waals surface area contributed by atoms with Crippen molar-refractivity contribution in [2.45, 2.75) is 32.8 Å². The van der Waals surface area contributed by atoms with Crippen LogP contribution in [-0.4, -0.2) is 10.1 Å². The molecule has 1 aromatic heterocycles. The molecule has 1 atom stereocenters. The maximum absolute atomic E-state index is 10.2. The van der Waals surface area contributed by atoms with E-state index < -0.39 is 6.10 Å². The van der Waals surface area contributed by atoms with Gasteiger partial charge in [-0.05, 0) is 24.5 Å². The van der Waals surface area contributed by atoms with Crippen molar-refractivity contribution in [3.63, 3.8) is 0 Å². The van der Waals surface area contributed by atoms with Gasteiger partial charge in [-0.2, -0.15) is 0 Å². The molecule has 0 aliphatic carbocycles. The Morgan fingerprint density at radius 1 is 1.41 bits per heavy atom. The first-order valence-corrected chi connectivity index (χ1v) is 6.77. The Morgan fingerprint density at radius 3 is 2.88 bits per heavy atom. The zero-order chi connectivity index (χ0) is 12.3. The first kappa shape index (κ1) is 12.3. The van der Waals surface area contributed by atoms with Crippen molar-refractivity contribution >= 4 is 11.3 Å². The second-order valence-corrected chi connectivity index (χ2v) is 5.11. The number of benzene rings is 1. The zero-order valence-corrected chi connectivity index (χ0v) is 11.0. The Kier molecular flexibility index (Phi) is 3.92. The first-order valence-electron chi connectivity index (χ1n) is 5.89. The molecule has 1 N–H and O–H groups in total. The van der Waals surface area contributed by atoms with E-state index in [4.69, 9.17) is 0 Å². The largest absolute Gasteiger partial charge is 0.381 e. The van der Waals surface area contributed by atoms with E-state index >= 15 is 0 Å². The van der Waals surface area contributed by atoms with Crippen molar-refractivity contribution in [2.75, 3.05) is 0 Å². The van der Waals surface area contributed by atoms with Gasteiger partial charge in [-0.3, -0.25) is 0 Å². The Bertz CT molecular complexity index is 492. The summed E-state index contributed by atoms with van der Waals surface area (Å²) in [5, 5.41) is 13.0. The van der Waals surface area contributed by atoms with Gasteiger partial charge in [0.25, 0.3) is 0 Å². The molecule has 0 bridgehead atoms. The highest BCUT2D eigenvalue weighted by Crippen LogP contribution is 2.25. The Morgan fingerprint density at radius 2 is 2.24 bits per heavy atom. The summed E-state index contributed by atoms with van der Waals surface area (Å²) >= 11 is 1.51. The minimum atomic E-state index is -0.592. The highest BCUT2D eigenvalue weighted by molar-refractivity contribution is 7.09. The predicted molar refractivity (Wildman–Crippen MR) is 71.3 cm³/mol. The highest BCUT2D eigenvalue weighted by Gasteiger charge is 2.13. The number of hydrogen-bond acceptors (Lipinski definition) is 3. The second kappa shape index (κ2) is 5.43. The van der Waals surface area contributed by atoms with Crippen molar-refractivity contribution in [3.05, 3.63) is 51.5 Å². The fourth-order valence-corrected chi connectivity index (χ4v) is 2.65. The molecule has 1 aromatic carbocycles. The fraction of sp³-hybridized carbons (Fsp3) is 0.357. The van der Waals surface area contributed by atoms with E-state index in [9.17, 15) is 5.11 Å². The van der Waals surface area contributed by atoms with E-state index in [1.807, 2.05) is 24.4 Å². The molecule has 0 saturated heterocycles. The normalized spacial score (nSPS) is 12.6. The summed E-state index contributed by atoms with van der Waals surface area (Å²) in [6.07, 6.45) is 1.58. The monoisotopic (exact) mass is 247 g/mol. The Labute approximate surface area is 106 Å². The van der Waals surface area contributed by atoms with Gasteiger partial charge in [0.05, 0.1) is 0 Å². The lowest BCUT2D eigenvalue weighted by Crippen LogP contribution is -2.00. The van der Waals surface area contributed by atoms with Crippen LogP contribution < -0.4 is 0 Å². The van der Waals surface area contributed by atoms with Gasteiger partial charge in [0, 0.05) is 11.1 Å². The maximum atomic E-state index is 10.2. The van der Waals surface area contributed by atoms with Crippen LogP contribution >= 0.6 is 11.3 Å². The van der Waals surface area contributed by atoms with E-state index in [0.29, 0.717) is 0 Å². The van der Waals surface area contributed by atoms with Crippen molar-refractivity contribution in [1.82, 2.24) is 4.98 Å². The quantitative estimate of drug-likeness (QED) is 0.897. The van der Waals surface area contributed by atoms with Crippen molar-refractivity contribution in [1.29, 1.82) is 0 Å². The molecular formula is C14H17NOS. The molecule has 0 saturated carbocycles. The van der Waals surface area contributed by atoms with Gasteiger partial charge < -0.3 is 5.11 Å². The summed E-state index contributed by atoms with van der Waals surface area (Å²) in [5.41, 5.74) is 3.18. The van der Waals surface area contributed by atoms with Gasteiger partial charge in [0.15, 0.2) is 0 Å². The summed E-state index contributed by atoms with van der Waals surface area (Å²) in [4.78, 5) is 4.33. The molecule has 90 valence electrons. The molecule has 0 aliphatic heterocycles. The number of nitrogens with zero attached hydrogens (tertiary/aromatic N) is 1. The fourth-order valence-electron chi connectivity index (χ4n) is 1.85. The van der Waals surface area contributed by atoms with Crippen molar-refractivity contribution in [2.24, 2.45) is 0 Å². The van der Waals surface area contributed by atoms with Crippen LogP contribution in [0.15, 0.2) is 29.6 Å². The number of rotatable bonds is 4. The standard InChI is InChI=1S/C14H17NOS/c1-3-5-11-6-4-7-12(8-11)13(16)14-15-10(2)9-17-14/h4,6-9,13,16H,3,5H2,1-2H3. The number of aliphatic hydroxyl groups is 1. The van der Waals surface area contributed by atoms with Gasteiger partial charge in [-0.15, -0.1) is 11.3 Å². The predicted octanol–water partition coefficient (Wildman–Crippen LogP) is 3.49. The molecule has 0 aliphatic rings. The molecule has 0 fully saturated rings. The average molecular weight is 247 g/mol. The number of thiazole rings is 1. The van der Waals surface area contributed by atoms with Crippen LogP contribution in [0.3, 0.4) is 0 Å². The lowest BCUT2D eigenvalue weighted by Gasteiger charge is -2.09. The molecule has 1 unspecified atom stereocenters. The molecule has 17 heavy (non-hydrogen) atoms. The van der Waals surface area contributed by atoms with Crippen LogP contribution in [-0.2, 0) is 6.42 Å². The third kappa shape index (κ3) is 2.93. The molecular weight excluding hydrogens is 230 g/mol. The molecule has 0 amide bonds. The molecule has 3 heteroatoms. The summed E-state index contributed by atoms with van der Waals surface area (Å²) in [6, 6.07) is 8.14. The summed E-state index contributed by atoms with van der Waals surface area (Å²) in [6.45, 7) is 4.10. The maximum Gasteiger partial charge on any atom is 0.131 e. The van der Waals surface area contributed by atoms with Crippen LogP contribution in [0.25, 0.3) is 0 Å². The number of aliphatic hydroxyl groups excluding tert-OH is 1. The van der Waals surface area contributed by atoms with E-state index in [-0.39, 0.29) is 0 Å². The van der Waals surface area contributed by atoms with E-state index in [2.05, 4.69) is 24.0 Å². The summed E-state index contributed by atoms with van der Waals surface area (Å²) < 4.78 is 0. The third-order valence-corrected chi connectivity index (χ3v) is 3.69. The molecule has 2 rings (SSSR count). The van der Waals surface area contributed by atoms with Gasteiger partial charge in [0.1, 0.15) is 11.1 Å². The first-order chi connectivity index (χ1) is 8.20. The SMILES string of the molecule is CCCc1cccc(C(O)c2nc(C)cs2)c1. The second-order valence-electron chi connectivity index (χ2n) is 4.22. The molecule has 2 aromatic rings. The van der Waals surface area contributed by atoms with Crippen LogP contribution in [0.2, 0.25) is 0 Å². The highest BCUT2D eigenvalue weighted by atomic mass is 32.1. The average Bonchev–Trinajstić information content (AvgIpc) is 2.76. The lowest BCUT2D eigenvalue weighted by molar-refractivity contribution is 0.219. The molecule has 0 radical (unpaired) electrons. The molecule has 0 spiro atoms. The number of aromatic nitrogens is 1.